The third kappa shape index (κ3) is 3.43. The first-order valence-corrected chi connectivity index (χ1v) is 6.58. The molecule has 0 aromatic heterocycles. The van der Waals surface area contributed by atoms with Crippen LogP contribution in [0.3, 0.4) is 0 Å². The Morgan fingerprint density at radius 2 is 1.90 bits per heavy atom. The summed E-state index contributed by atoms with van der Waals surface area (Å²) in [7, 11) is 0. The summed E-state index contributed by atoms with van der Waals surface area (Å²) < 4.78 is 13.0. The van der Waals surface area contributed by atoms with E-state index < -0.39 is 0 Å². The largest absolute Gasteiger partial charge is 0.306 e. The SMILES string of the molecule is Cc1cc(F)ccc1CNC(C)c1ccc(C#N)cc1. The molecule has 0 fully saturated rings. The van der Waals surface area contributed by atoms with E-state index in [4.69, 9.17) is 5.26 Å². The molecule has 1 atom stereocenters. The Hall–Kier alpha value is -2.18. The van der Waals surface area contributed by atoms with Gasteiger partial charge in [0.05, 0.1) is 11.6 Å². The number of nitriles is 1. The molecule has 2 rings (SSSR count). The van der Waals surface area contributed by atoms with Crippen molar-refractivity contribution < 1.29 is 4.39 Å². The minimum absolute atomic E-state index is 0.173. The lowest BCUT2D eigenvalue weighted by atomic mass is 10.0. The van der Waals surface area contributed by atoms with Crippen molar-refractivity contribution in [1.82, 2.24) is 5.32 Å². The summed E-state index contributed by atoms with van der Waals surface area (Å²) in [6, 6.07) is 14.7. The number of rotatable bonds is 4. The van der Waals surface area contributed by atoms with Gasteiger partial charge in [0.15, 0.2) is 0 Å². The van der Waals surface area contributed by atoms with Gasteiger partial charge in [-0.05, 0) is 54.8 Å². The average molecular weight is 268 g/mol. The van der Waals surface area contributed by atoms with Crippen molar-refractivity contribution in [2.75, 3.05) is 0 Å². The third-order valence-electron chi connectivity index (χ3n) is 3.44. The molecule has 0 aliphatic heterocycles. The van der Waals surface area contributed by atoms with E-state index in [9.17, 15) is 4.39 Å². The zero-order valence-electron chi connectivity index (χ0n) is 11.7. The summed E-state index contributed by atoms with van der Waals surface area (Å²) in [6.45, 7) is 4.67. The third-order valence-corrected chi connectivity index (χ3v) is 3.44. The minimum atomic E-state index is -0.202. The van der Waals surface area contributed by atoms with E-state index in [-0.39, 0.29) is 11.9 Å². The Labute approximate surface area is 118 Å². The van der Waals surface area contributed by atoms with E-state index in [1.54, 1.807) is 6.07 Å². The minimum Gasteiger partial charge on any atom is -0.306 e. The van der Waals surface area contributed by atoms with Crippen molar-refractivity contribution in [3.05, 3.63) is 70.5 Å². The van der Waals surface area contributed by atoms with Crippen LogP contribution in [0.1, 0.15) is 35.2 Å². The normalized spacial score (nSPS) is 11.9. The number of halogens is 1. The standard InChI is InChI=1S/C17H17FN2/c1-12-9-17(18)8-7-16(12)11-20-13(2)15-5-3-14(10-19)4-6-15/h3-9,13,20H,11H2,1-2H3. The van der Waals surface area contributed by atoms with Crippen molar-refractivity contribution in [2.24, 2.45) is 0 Å². The molecule has 0 radical (unpaired) electrons. The molecule has 0 saturated carbocycles. The molecule has 0 bridgehead atoms. The molecular formula is C17H17FN2. The molecule has 2 aromatic carbocycles. The Morgan fingerprint density at radius 3 is 2.50 bits per heavy atom. The molecule has 3 heteroatoms. The predicted molar refractivity (Wildman–Crippen MR) is 77.5 cm³/mol. The zero-order chi connectivity index (χ0) is 14.5. The fourth-order valence-corrected chi connectivity index (χ4v) is 2.08. The number of nitrogens with zero attached hydrogens (tertiary/aromatic N) is 1. The van der Waals surface area contributed by atoms with E-state index in [0.29, 0.717) is 12.1 Å². The summed E-state index contributed by atoms with van der Waals surface area (Å²) in [4.78, 5) is 0. The smallest absolute Gasteiger partial charge is 0.123 e. The molecule has 0 amide bonds. The van der Waals surface area contributed by atoms with Gasteiger partial charge >= 0.3 is 0 Å². The van der Waals surface area contributed by atoms with Crippen LogP contribution in [0, 0.1) is 24.1 Å². The summed E-state index contributed by atoms with van der Waals surface area (Å²) in [5, 5.41) is 12.2. The van der Waals surface area contributed by atoms with Gasteiger partial charge in [-0.1, -0.05) is 18.2 Å². The number of nitrogens with one attached hydrogen (secondary N) is 1. The van der Waals surface area contributed by atoms with Gasteiger partial charge in [-0.2, -0.15) is 5.26 Å². The van der Waals surface area contributed by atoms with Gasteiger partial charge in [-0.25, -0.2) is 4.39 Å². The monoisotopic (exact) mass is 268 g/mol. The van der Waals surface area contributed by atoms with Gasteiger partial charge in [0.1, 0.15) is 5.82 Å². The number of benzene rings is 2. The van der Waals surface area contributed by atoms with E-state index >= 15 is 0 Å². The molecule has 2 aromatic rings. The van der Waals surface area contributed by atoms with E-state index in [1.807, 2.05) is 37.3 Å². The molecule has 20 heavy (non-hydrogen) atoms. The Morgan fingerprint density at radius 1 is 1.20 bits per heavy atom. The van der Waals surface area contributed by atoms with Crippen LogP contribution in [-0.4, -0.2) is 0 Å². The average Bonchev–Trinajstić information content (AvgIpc) is 2.46. The van der Waals surface area contributed by atoms with Crippen molar-refractivity contribution in [3.63, 3.8) is 0 Å². The molecule has 1 N–H and O–H groups in total. The van der Waals surface area contributed by atoms with Crippen LogP contribution in [0.15, 0.2) is 42.5 Å². The highest BCUT2D eigenvalue weighted by atomic mass is 19.1. The van der Waals surface area contributed by atoms with Crippen LogP contribution in [0.2, 0.25) is 0 Å². The molecule has 0 spiro atoms. The van der Waals surface area contributed by atoms with E-state index in [2.05, 4.69) is 18.3 Å². The highest BCUT2D eigenvalue weighted by Crippen LogP contribution is 2.15. The number of aryl methyl sites for hydroxylation is 1. The van der Waals surface area contributed by atoms with Gasteiger partial charge in [0.25, 0.3) is 0 Å². The van der Waals surface area contributed by atoms with Gasteiger partial charge in [0, 0.05) is 12.6 Å². The Kier molecular flexibility index (Phi) is 4.49. The van der Waals surface area contributed by atoms with E-state index in [0.717, 1.165) is 16.7 Å². The maximum atomic E-state index is 13.0. The molecule has 1 unspecified atom stereocenters. The molecule has 2 nitrogen and oxygen atoms in total. The summed E-state index contributed by atoms with van der Waals surface area (Å²) in [5.41, 5.74) is 3.83. The second kappa shape index (κ2) is 6.31. The molecule has 0 aliphatic rings. The second-order valence-corrected chi connectivity index (χ2v) is 4.91. The molecule has 0 saturated heterocycles. The summed E-state index contributed by atoms with van der Waals surface area (Å²) in [5.74, 6) is -0.202. The molecule has 0 heterocycles. The van der Waals surface area contributed by atoms with Crippen LogP contribution < -0.4 is 5.32 Å². The van der Waals surface area contributed by atoms with Gasteiger partial charge in [-0.15, -0.1) is 0 Å². The van der Waals surface area contributed by atoms with Crippen LogP contribution in [0.25, 0.3) is 0 Å². The molecule has 102 valence electrons. The van der Waals surface area contributed by atoms with Crippen molar-refractivity contribution >= 4 is 0 Å². The topological polar surface area (TPSA) is 35.8 Å². The first kappa shape index (κ1) is 14.2. The molecular weight excluding hydrogens is 251 g/mol. The van der Waals surface area contributed by atoms with Crippen LogP contribution >= 0.6 is 0 Å². The lowest BCUT2D eigenvalue weighted by Gasteiger charge is -2.15. The van der Waals surface area contributed by atoms with Gasteiger partial charge in [0.2, 0.25) is 0 Å². The fourth-order valence-electron chi connectivity index (χ4n) is 2.08. The van der Waals surface area contributed by atoms with Gasteiger partial charge < -0.3 is 5.32 Å². The quantitative estimate of drug-likeness (QED) is 0.914. The van der Waals surface area contributed by atoms with Crippen LogP contribution in [0.5, 0.6) is 0 Å². The molecule has 0 aliphatic carbocycles. The van der Waals surface area contributed by atoms with Crippen LogP contribution in [0.4, 0.5) is 4.39 Å². The van der Waals surface area contributed by atoms with E-state index in [1.165, 1.54) is 6.07 Å². The fraction of sp³-hybridized carbons (Fsp3) is 0.235. The Bertz CT molecular complexity index is 626. The van der Waals surface area contributed by atoms with Crippen molar-refractivity contribution in [3.8, 4) is 6.07 Å². The highest BCUT2D eigenvalue weighted by Gasteiger charge is 2.06. The van der Waals surface area contributed by atoms with Gasteiger partial charge in [-0.3, -0.25) is 0 Å². The Balaban J connectivity index is 2.00. The summed E-state index contributed by atoms with van der Waals surface area (Å²) in [6.07, 6.45) is 0. The maximum Gasteiger partial charge on any atom is 0.123 e. The maximum absolute atomic E-state index is 13.0. The van der Waals surface area contributed by atoms with Crippen molar-refractivity contribution in [1.29, 1.82) is 5.26 Å². The number of hydrogen-bond acceptors (Lipinski definition) is 2. The predicted octanol–water partition coefficient (Wildman–Crippen LogP) is 3.86. The summed E-state index contributed by atoms with van der Waals surface area (Å²) >= 11 is 0. The number of hydrogen-bond donors (Lipinski definition) is 1. The first-order chi connectivity index (χ1) is 9.60. The first-order valence-electron chi connectivity index (χ1n) is 6.58. The zero-order valence-corrected chi connectivity index (χ0v) is 11.7. The lowest BCUT2D eigenvalue weighted by molar-refractivity contribution is 0.571. The second-order valence-electron chi connectivity index (χ2n) is 4.91. The van der Waals surface area contributed by atoms with Crippen molar-refractivity contribution in [2.45, 2.75) is 26.4 Å². The van der Waals surface area contributed by atoms with Crippen LogP contribution in [-0.2, 0) is 6.54 Å². The highest BCUT2D eigenvalue weighted by molar-refractivity contribution is 5.33. The lowest BCUT2D eigenvalue weighted by Crippen LogP contribution is -2.18.